The summed E-state index contributed by atoms with van der Waals surface area (Å²) in [6.45, 7) is 0.633. The van der Waals surface area contributed by atoms with E-state index in [0.717, 1.165) is 0 Å². The molecule has 2 rings (SSSR count). The van der Waals surface area contributed by atoms with Crippen molar-refractivity contribution in [2.45, 2.75) is 6.10 Å². The summed E-state index contributed by atoms with van der Waals surface area (Å²) in [6, 6.07) is 2.53. The van der Waals surface area contributed by atoms with Crippen molar-refractivity contribution in [3.63, 3.8) is 0 Å². The van der Waals surface area contributed by atoms with Crippen molar-refractivity contribution in [3.05, 3.63) is 28.2 Å². The van der Waals surface area contributed by atoms with E-state index < -0.39 is 12.0 Å². The molecule has 1 aromatic rings. The van der Waals surface area contributed by atoms with Crippen molar-refractivity contribution in [1.29, 1.82) is 0 Å². The molecule has 0 radical (unpaired) electrons. The highest BCUT2D eigenvalue weighted by molar-refractivity contribution is 5.92. The molecular weight excluding hydrogens is 240 g/mol. The summed E-state index contributed by atoms with van der Waals surface area (Å²) < 4.78 is 4.97. The number of ether oxygens (including phenoxy) is 1. The van der Waals surface area contributed by atoms with Gasteiger partial charge >= 0.3 is 6.09 Å². The van der Waals surface area contributed by atoms with E-state index in [1.807, 2.05) is 0 Å². The maximum absolute atomic E-state index is 11.6. The van der Waals surface area contributed by atoms with Gasteiger partial charge in [-0.05, 0) is 6.07 Å². The number of aromatic nitrogens is 2. The number of hydrogen-bond donors (Lipinski definition) is 2. The minimum Gasteiger partial charge on any atom is -0.442 e. The van der Waals surface area contributed by atoms with Crippen LogP contribution in [0.3, 0.4) is 0 Å². The summed E-state index contributed by atoms with van der Waals surface area (Å²) in [4.78, 5) is 34.9. The first-order valence-electron chi connectivity index (χ1n) is 5.32. The maximum Gasteiger partial charge on any atom is 0.410 e. The van der Waals surface area contributed by atoms with Crippen LogP contribution in [0, 0.1) is 0 Å². The standard InChI is InChI=1S/C10H12N4O4/c1-14-5-6(18-10(14)17)4-11-9(16)7-2-3-8(15)13-12-7/h2-3,6H,4-5H2,1H3,(H,11,16)(H,13,15). The molecule has 18 heavy (non-hydrogen) atoms. The molecule has 1 aromatic heterocycles. The maximum atomic E-state index is 11.6. The Balaban J connectivity index is 1.87. The molecular formula is C10H12N4O4. The third kappa shape index (κ3) is 2.65. The van der Waals surface area contributed by atoms with Crippen LogP contribution in [0.4, 0.5) is 4.79 Å². The van der Waals surface area contributed by atoms with Gasteiger partial charge in [-0.1, -0.05) is 0 Å². The first-order valence-corrected chi connectivity index (χ1v) is 5.32. The van der Waals surface area contributed by atoms with Crippen molar-refractivity contribution in [1.82, 2.24) is 20.4 Å². The van der Waals surface area contributed by atoms with E-state index in [-0.39, 0.29) is 23.9 Å². The van der Waals surface area contributed by atoms with Crippen molar-refractivity contribution < 1.29 is 14.3 Å². The van der Waals surface area contributed by atoms with Crippen LogP contribution in [0.15, 0.2) is 16.9 Å². The van der Waals surface area contributed by atoms with Gasteiger partial charge in [0.25, 0.3) is 11.5 Å². The van der Waals surface area contributed by atoms with Crippen LogP contribution in [0.2, 0.25) is 0 Å². The van der Waals surface area contributed by atoms with Crippen LogP contribution >= 0.6 is 0 Å². The number of rotatable bonds is 3. The lowest BCUT2D eigenvalue weighted by molar-refractivity contribution is 0.0909. The lowest BCUT2D eigenvalue weighted by atomic mass is 10.3. The van der Waals surface area contributed by atoms with Gasteiger partial charge in [-0.25, -0.2) is 9.89 Å². The Morgan fingerprint density at radius 2 is 2.39 bits per heavy atom. The quantitative estimate of drug-likeness (QED) is 0.714. The fourth-order valence-electron chi connectivity index (χ4n) is 1.52. The Hall–Kier alpha value is -2.38. The van der Waals surface area contributed by atoms with Gasteiger partial charge in [-0.3, -0.25) is 9.59 Å². The fourth-order valence-corrected chi connectivity index (χ4v) is 1.52. The predicted octanol–water partition coefficient (Wildman–Crippen LogP) is -1.05. The average molecular weight is 252 g/mol. The lowest BCUT2D eigenvalue weighted by Crippen LogP contribution is -2.34. The first kappa shape index (κ1) is 12.1. The molecule has 0 spiro atoms. The molecule has 2 N–H and O–H groups in total. The largest absolute Gasteiger partial charge is 0.442 e. The molecule has 2 heterocycles. The topological polar surface area (TPSA) is 104 Å². The number of likely N-dealkylation sites (N-methyl/N-ethyl adjacent to an activating group) is 1. The van der Waals surface area contributed by atoms with Gasteiger partial charge in [-0.15, -0.1) is 0 Å². The summed E-state index contributed by atoms with van der Waals surface area (Å²) >= 11 is 0. The van der Waals surface area contributed by atoms with Crippen LogP contribution in [0.25, 0.3) is 0 Å². The highest BCUT2D eigenvalue weighted by Crippen LogP contribution is 2.07. The SMILES string of the molecule is CN1CC(CNC(=O)c2ccc(=O)[nH]n2)OC1=O. The second-order valence-corrected chi connectivity index (χ2v) is 3.90. The number of amides is 2. The second-order valence-electron chi connectivity index (χ2n) is 3.90. The number of carbonyl (C=O) groups excluding carboxylic acids is 2. The van der Waals surface area contributed by atoms with E-state index in [9.17, 15) is 14.4 Å². The molecule has 0 aromatic carbocycles. The minimum absolute atomic E-state index is 0.104. The number of cyclic esters (lactones) is 1. The Bertz CT molecular complexity index is 506. The molecule has 1 saturated heterocycles. The molecule has 1 atom stereocenters. The van der Waals surface area contributed by atoms with Crippen molar-refractivity contribution in [2.24, 2.45) is 0 Å². The number of aromatic amines is 1. The van der Waals surface area contributed by atoms with E-state index in [2.05, 4.69) is 15.5 Å². The molecule has 1 aliphatic heterocycles. The molecule has 8 heteroatoms. The zero-order valence-corrected chi connectivity index (χ0v) is 9.67. The van der Waals surface area contributed by atoms with Crippen LogP contribution in [-0.4, -0.2) is 53.3 Å². The van der Waals surface area contributed by atoms with Gasteiger partial charge in [-0.2, -0.15) is 5.10 Å². The zero-order valence-electron chi connectivity index (χ0n) is 9.67. The summed E-state index contributed by atoms with van der Waals surface area (Å²) in [5, 5.41) is 8.32. The van der Waals surface area contributed by atoms with Crippen LogP contribution in [0.1, 0.15) is 10.5 Å². The Kier molecular flexibility index (Phi) is 3.26. The Labute approximate surface area is 102 Å². The van der Waals surface area contributed by atoms with E-state index in [0.29, 0.717) is 6.54 Å². The average Bonchev–Trinajstić information content (AvgIpc) is 2.67. The molecule has 0 aliphatic carbocycles. The van der Waals surface area contributed by atoms with Crippen molar-refractivity contribution >= 4 is 12.0 Å². The normalized spacial score (nSPS) is 18.6. The van der Waals surface area contributed by atoms with E-state index in [4.69, 9.17) is 4.74 Å². The van der Waals surface area contributed by atoms with Gasteiger partial charge in [0.1, 0.15) is 11.8 Å². The second kappa shape index (κ2) is 4.86. The smallest absolute Gasteiger partial charge is 0.410 e. The third-order valence-corrected chi connectivity index (χ3v) is 2.46. The van der Waals surface area contributed by atoms with Gasteiger partial charge in [0.2, 0.25) is 0 Å². The molecule has 1 fully saturated rings. The van der Waals surface area contributed by atoms with E-state index in [1.165, 1.54) is 17.0 Å². The number of nitrogens with zero attached hydrogens (tertiary/aromatic N) is 2. The van der Waals surface area contributed by atoms with Crippen molar-refractivity contribution in [2.75, 3.05) is 20.1 Å². The van der Waals surface area contributed by atoms with E-state index in [1.54, 1.807) is 7.05 Å². The van der Waals surface area contributed by atoms with Gasteiger partial charge in [0, 0.05) is 13.1 Å². The molecule has 2 amide bonds. The molecule has 0 bridgehead atoms. The highest BCUT2D eigenvalue weighted by atomic mass is 16.6. The number of carbonyl (C=O) groups is 2. The van der Waals surface area contributed by atoms with Crippen LogP contribution in [0.5, 0.6) is 0 Å². The predicted molar refractivity (Wildman–Crippen MR) is 60.1 cm³/mol. The zero-order chi connectivity index (χ0) is 13.1. The molecule has 1 unspecified atom stereocenters. The van der Waals surface area contributed by atoms with E-state index >= 15 is 0 Å². The number of H-pyrrole nitrogens is 1. The number of hydrogen-bond acceptors (Lipinski definition) is 5. The Morgan fingerprint density at radius 1 is 1.61 bits per heavy atom. The molecule has 96 valence electrons. The third-order valence-electron chi connectivity index (χ3n) is 2.46. The van der Waals surface area contributed by atoms with Gasteiger partial charge in [0.05, 0.1) is 13.1 Å². The summed E-state index contributed by atoms with van der Waals surface area (Å²) in [6.07, 6.45) is -0.773. The first-order chi connectivity index (χ1) is 8.56. The fraction of sp³-hybridized carbons (Fsp3) is 0.400. The Morgan fingerprint density at radius 3 is 2.94 bits per heavy atom. The van der Waals surface area contributed by atoms with Gasteiger partial charge in [0.15, 0.2) is 0 Å². The molecule has 8 nitrogen and oxygen atoms in total. The van der Waals surface area contributed by atoms with Crippen molar-refractivity contribution in [3.8, 4) is 0 Å². The highest BCUT2D eigenvalue weighted by Gasteiger charge is 2.28. The lowest BCUT2D eigenvalue weighted by Gasteiger charge is -2.08. The van der Waals surface area contributed by atoms with Gasteiger partial charge < -0.3 is 15.0 Å². The summed E-state index contributed by atoms with van der Waals surface area (Å²) in [5.41, 5.74) is -0.273. The minimum atomic E-state index is -0.433. The molecule has 0 saturated carbocycles. The molecule has 1 aliphatic rings. The summed E-state index contributed by atoms with van der Waals surface area (Å²) in [7, 11) is 1.62. The number of nitrogens with one attached hydrogen (secondary N) is 2. The summed E-state index contributed by atoms with van der Waals surface area (Å²) in [5.74, 6) is -0.433. The van der Waals surface area contributed by atoms with Crippen LogP contribution < -0.4 is 10.9 Å². The monoisotopic (exact) mass is 252 g/mol. The van der Waals surface area contributed by atoms with Crippen LogP contribution in [-0.2, 0) is 4.74 Å².